The normalized spacial score (nSPS) is 14.2. The van der Waals surface area contributed by atoms with Crippen molar-refractivity contribution < 1.29 is 29.1 Å². The third kappa shape index (κ3) is 14.2. The van der Waals surface area contributed by atoms with Crippen LogP contribution >= 0.6 is 0 Å². The van der Waals surface area contributed by atoms with Gasteiger partial charge in [-0.3, -0.25) is 29.0 Å². The Morgan fingerprint density at radius 2 is 1.41 bits per heavy atom. The highest BCUT2D eigenvalue weighted by Gasteiger charge is 2.33. The van der Waals surface area contributed by atoms with Gasteiger partial charge in [0.05, 0.1) is 0 Å². The second kappa shape index (κ2) is 19.7. The number of carbonyl (C=O) groups excluding carboxylic acids is 5. The van der Waals surface area contributed by atoms with E-state index < -0.39 is 53.7 Å². The molecule has 44 heavy (non-hydrogen) atoms. The van der Waals surface area contributed by atoms with E-state index in [2.05, 4.69) is 26.3 Å². The van der Waals surface area contributed by atoms with Crippen LogP contribution in [0.3, 0.4) is 0 Å². The van der Waals surface area contributed by atoms with Crippen molar-refractivity contribution in [2.45, 2.75) is 89.9 Å². The van der Waals surface area contributed by atoms with E-state index in [9.17, 15) is 29.1 Å². The van der Waals surface area contributed by atoms with Crippen molar-refractivity contribution >= 4 is 35.5 Å². The van der Waals surface area contributed by atoms with Crippen LogP contribution in [0.2, 0.25) is 0 Å². The summed E-state index contributed by atoms with van der Waals surface area (Å²) in [5.41, 5.74) is 22.5. The minimum Gasteiger partial charge on any atom is -0.508 e. The van der Waals surface area contributed by atoms with Gasteiger partial charge in [0, 0.05) is 19.9 Å². The summed E-state index contributed by atoms with van der Waals surface area (Å²) in [5.74, 6) is -3.44. The molecule has 15 heteroatoms. The first kappa shape index (κ1) is 37.6. The largest absolute Gasteiger partial charge is 0.508 e. The Hall–Kier alpha value is -4.40. The van der Waals surface area contributed by atoms with Crippen molar-refractivity contribution in [1.29, 1.82) is 0 Å². The van der Waals surface area contributed by atoms with Crippen LogP contribution in [0.5, 0.6) is 5.75 Å². The molecule has 0 saturated heterocycles. The first-order valence-electron chi connectivity index (χ1n) is 14.8. The minimum absolute atomic E-state index is 0.0457. The number of nitrogens with two attached hydrogens (primary N) is 4. The highest BCUT2D eigenvalue weighted by Crippen LogP contribution is 2.13. The van der Waals surface area contributed by atoms with E-state index in [1.54, 1.807) is 19.1 Å². The molecule has 0 bridgehead atoms. The zero-order valence-electron chi connectivity index (χ0n) is 25.8. The summed E-state index contributed by atoms with van der Waals surface area (Å²) < 4.78 is 0. The average Bonchev–Trinajstić information content (AvgIpc) is 2.96. The van der Waals surface area contributed by atoms with Gasteiger partial charge in [-0.2, -0.15) is 0 Å². The zero-order chi connectivity index (χ0) is 33.2. The number of phenols is 1. The predicted molar refractivity (Wildman–Crippen MR) is 167 cm³/mol. The van der Waals surface area contributed by atoms with Gasteiger partial charge in [-0.05, 0) is 62.3 Å². The Labute approximate surface area is 258 Å². The number of nitrogens with one attached hydrogen (secondary N) is 4. The van der Waals surface area contributed by atoms with E-state index in [-0.39, 0.29) is 37.0 Å². The summed E-state index contributed by atoms with van der Waals surface area (Å²) in [7, 11) is 0. The summed E-state index contributed by atoms with van der Waals surface area (Å²) in [6.07, 6.45) is 2.56. The van der Waals surface area contributed by atoms with Crippen molar-refractivity contribution in [1.82, 2.24) is 21.3 Å². The molecule has 0 aliphatic carbocycles. The Morgan fingerprint density at radius 3 is 1.95 bits per heavy atom. The molecule has 5 amide bonds. The van der Waals surface area contributed by atoms with E-state index in [4.69, 9.17) is 22.9 Å². The number of carbonyl (C=O) groups is 5. The molecule has 1 aromatic rings. The van der Waals surface area contributed by atoms with Crippen LogP contribution in [0.15, 0.2) is 29.3 Å². The SMILES string of the molecule is CC[C@H](C)[C@H](NC(=O)[C@H](CCCN=C(N)N)NC(=O)[C@H](Cc1ccc(O)cc1)NC(C)=O)C(=O)N[C@@H](CCCCN)C(N)=O. The van der Waals surface area contributed by atoms with E-state index in [0.717, 1.165) is 0 Å². The maximum Gasteiger partial charge on any atom is 0.243 e. The Balaban J connectivity index is 3.20. The Morgan fingerprint density at radius 1 is 0.818 bits per heavy atom. The van der Waals surface area contributed by atoms with Crippen LogP contribution in [0.25, 0.3) is 0 Å². The lowest BCUT2D eigenvalue weighted by Gasteiger charge is -2.28. The van der Waals surface area contributed by atoms with Gasteiger partial charge in [0.25, 0.3) is 0 Å². The Bertz CT molecular complexity index is 1120. The molecule has 13 N–H and O–H groups in total. The number of guanidine groups is 1. The van der Waals surface area contributed by atoms with Crippen LogP contribution in [-0.4, -0.2) is 77.9 Å². The molecule has 0 fully saturated rings. The molecule has 0 aromatic heterocycles. The molecule has 0 aliphatic rings. The van der Waals surface area contributed by atoms with Gasteiger partial charge in [-0.1, -0.05) is 32.4 Å². The number of nitrogens with zero attached hydrogens (tertiary/aromatic N) is 1. The fraction of sp³-hybridized carbons (Fsp3) is 0.586. The number of phenolic OH excluding ortho intramolecular Hbond substituents is 1. The number of unbranched alkanes of at least 4 members (excludes halogenated alkanes) is 1. The fourth-order valence-electron chi connectivity index (χ4n) is 4.36. The molecule has 1 aromatic carbocycles. The van der Waals surface area contributed by atoms with Crippen molar-refractivity contribution in [2.75, 3.05) is 13.1 Å². The highest BCUT2D eigenvalue weighted by molar-refractivity contribution is 5.95. The maximum absolute atomic E-state index is 13.6. The lowest BCUT2D eigenvalue weighted by atomic mass is 9.96. The molecule has 0 radical (unpaired) electrons. The molecular formula is C29H49N9O6. The summed E-state index contributed by atoms with van der Waals surface area (Å²) in [6.45, 7) is 5.50. The van der Waals surface area contributed by atoms with Crippen molar-refractivity contribution in [2.24, 2.45) is 33.8 Å². The quantitative estimate of drug-likeness (QED) is 0.0471. The van der Waals surface area contributed by atoms with Crippen LogP contribution in [0, 0.1) is 5.92 Å². The standard InChI is InChI=1S/C29H49N9O6/c1-4-17(2)24(28(44)36-21(25(31)41)8-5-6-14-30)38-26(42)22(9-7-15-34-29(32)33)37-27(43)23(35-18(3)39)16-19-10-12-20(40)13-11-19/h10-13,17,21-24,40H,4-9,14-16,30H2,1-3H3,(H2,31,41)(H,35,39)(H,36,44)(H,37,43)(H,38,42)(H4,32,33,34)/t17-,21-,22-,23-,24-/m0/s1. The number of hydrogen-bond acceptors (Lipinski definition) is 8. The lowest BCUT2D eigenvalue weighted by molar-refractivity contribution is -0.135. The molecular weight excluding hydrogens is 570 g/mol. The molecule has 1 rings (SSSR count). The van der Waals surface area contributed by atoms with Gasteiger partial charge in [-0.25, -0.2) is 0 Å². The molecule has 0 saturated carbocycles. The average molecular weight is 620 g/mol. The summed E-state index contributed by atoms with van der Waals surface area (Å²) >= 11 is 0. The van der Waals surface area contributed by atoms with Gasteiger partial charge in [0.15, 0.2) is 5.96 Å². The molecule has 0 heterocycles. The molecule has 0 unspecified atom stereocenters. The van der Waals surface area contributed by atoms with Crippen LogP contribution in [0.4, 0.5) is 0 Å². The summed E-state index contributed by atoms with van der Waals surface area (Å²) in [6, 6.07) is 2.00. The topological polar surface area (TPSA) is 270 Å². The number of primary amides is 1. The molecule has 246 valence electrons. The van der Waals surface area contributed by atoms with Crippen LogP contribution in [-0.2, 0) is 30.4 Å². The minimum atomic E-state index is -1.12. The van der Waals surface area contributed by atoms with E-state index in [0.29, 0.717) is 44.2 Å². The smallest absolute Gasteiger partial charge is 0.243 e. The van der Waals surface area contributed by atoms with E-state index in [1.807, 2.05) is 6.92 Å². The molecule has 0 aliphatic heterocycles. The van der Waals surface area contributed by atoms with Crippen molar-refractivity contribution in [3.05, 3.63) is 29.8 Å². The monoisotopic (exact) mass is 619 g/mol. The van der Waals surface area contributed by atoms with E-state index >= 15 is 0 Å². The van der Waals surface area contributed by atoms with E-state index in [1.165, 1.54) is 19.1 Å². The number of hydrogen-bond donors (Lipinski definition) is 9. The maximum atomic E-state index is 13.6. The van der Waals surface area contributed by atoms with Gasteiger partial charge in [0.1, 0.15) is 29.9 Å². The summed E-state index contributed by atoms with van der Waals surface area (Å²) in [4.78, 5) is 68.1. The highest BCUT2D eigenvalue weighted by atomic mass is 16.3. The first-order valence-corrected chi connectivity index (χ1v) is 14.8. The fourth-order valence-corrected chi connectivity index (χ4v) is 4.36. The second-order valence-corrected chi connectivity index (χ2v) is 10.8. The number of amides is 5. The Kier molecular flexibility index (Phi) is 16.9. The second-order valence-electron chi connectivity index (χ2n) is 10.8. The summed E-state index contributed by atoms with van der Waals surface area (Å²) in [5, 5.41) is 20.2. The van der Waals surface area contributed by atoms with Gasteiger partial charge in [-0.15, -0.1) is 0 Å². The van der Waals surface area contributed by atoms with Gasteiger partial charge < -0.3 is 49.3 Å². The van der Waals surface area contributed by atoms with Crippen molar-refractivity contribution in [3.63, 3.8) is 0 Å². The first-order chi connectivity index (χ1) is 20.8. The van der Waals surface area contributed by atoms with Gasteiger partial charge in [0.2, 0.25) is 29.5 Å². The lowest BCUT2D eigenvalue weighted by Crippen LogP contribution is -2.59. The van der Waals surface area contributed by atoms with Crippen molar-refractivity contribution in [3.8, 4) is 5.75 Å². The van der Waals surface area contributed by atoms with Crippen LogP contribution in [0.1, 0.15) is 64.9 Å². The zero-order valence-corrected chi connectivity index (χ0v) is 25.8. The molecule has 5 atom stereocenters. The van der Waals surface area contributed by atoms with Crippen LogP contribution < -0.4 is 44.2 Å². The third-order valence-corrected chi connectivity index (χ3v) is 7.05. The van der Waals surface area contributed by atoms with Gasteiger partial charge >= 0.3 is 0 Å². The molecule has 15 nitrogen and oxygen atoms in total. The molecule has 0 spiro atoms. The number of aliphatic imine (C=N–C) groups is 1. The number of benzene rings is 1. The number of rotatable bonds is 20. The number of aromatic hydroxyl groups is 1. The predicted octanol–water partition coefficient (Wildman–Crippen LogP) is -1.39. The third-order valence-electron chi connectivity index (χ3n) is 7.05.